The quantitative estimate of drug-likeness (QED) is 0.873. The minimum absolute atomic E-state index is 0.0822. The van der Waals surface area contributed by atoms with Crippen molar-refractivity contribution in [1.82, 2.24) is 0 Å². The molecule has 0 spiro atoms. The van der Waals surface area contributed by atoms with E-state index in [1.807, 2.05) is 0 Å². The van der Waals surface area contributed by atoms with E-state index in [-0.39, 0.29) is 11.5 Å². The zero-order chi connectivity index (χ0) is 12.6. The summed E-state index contributed by atoms with van der Waals surface area (Å²) in [6.07, 6.45) is 3.63. The third-order valence-corrected chi connectivity index (χ3v) is 5.32. The molecule has 0 aliphatic heterocycles. The Kier molecular flexibility index (Phi) is 3.14. The van der Waals surface area contributed by atoms with Crippen LogP contribution in [0.15, 0.2) is 29.6 Å². The van der Waals surface area contributed by atoms with E-state index in [2.05, 4.69) is 29.6 Å². The van der Waals surface area contributed by atoms with Crippen molar-refractivity contribution in [2.75, 3.05) is 6.54 Å². The molecule has 0 radical (unpaired) electrons. The summed E-state index contributed by atoms with van der Waals surface area (Å²) in [5.74, 6) is 0. The second-order valence-electron chi connectivity index (χ2n) is 5.36. The summed E-state index contributed by atoms with van der Waals surface area (Å²) in [5, 5.41) is 13.3. The Morgan fingerprint density at radius 2 is 2.00 bits per heavy atom. The largest absolute Gasteiger partial charge is 0.393 e. The molecule has 3 N–H and O–H groups in total. The number of nitrogens with two attached hydrogens (primary N) is 1. The third-order valence-electron chi connectivity index (χ3n) is 4.36. The lowest BCUT2D eigenvalue weighted by Crippen LogP contribution is -2.39. The molecule has 1 aromatic carbocycles. The molecule has 0 amide bonds. The molecule has 1 aliphatic carbocycles. The number of hydrogen-bond acceptors (Lipinski definition) is 3. The maximum atomic E-state index is 9.71. The fraction of sp³-hybridized carbons (Fsp3) is 0.467. The van der Waals surface area contributed by atoms with Crippen LogP contribution < -0.4 is 5.73 Å². The Bertz CT molecular complexity index is 540. The lowest BCUT2D eigenvalue weighted by Gasteiger charge is -2.38. The maximum absolute atomic E-state index is 9.71. The SMILES string of the molecule is NCC1(c2csc3ccccc23)CCC(O)CC1. The van der Waals surface area contributed by atoms with Crippen LogP contribution in [0.2, 0.25) is 0 Å². The van der Waals surface area contributed by atoms with Gasteiger partial charge in [0, 0.05) is 16.7 Å². The first kappa shape index (κ1) is 12.2. The van der Waals surface area contributed by atoms with E-state index < -0.39 is 0 Å². The van der Waals surface area contributed by atoms with Crippen molar-refractivity contribution >= 4 is 21.4 Å². The molecule has 1 heterocycles. The van der Waals surface area contributed by atoms with Gasteiger partial charge in [-0.2, -0.15) is 0 Å². The van der Waals surface area contributed by atoms with Crippen molar-refractivity contribution in [2.24, 2.45) is 5.73 Å². The summed E-state index contributed by atoms with van der Waals surface area (Å²) in [6, 6.07) is 8.55. The van der Waals surface area contributed by atoms with E-state index >= 15 is 0 Å². The highest BCUT2D eigenvalue weighted by Crippen LogP contribution is 2.43. The second kappa shape index (κ2) is 4.65. The van der Waals surface area contributed by atoms with Gasteiger partial charge < -0.3 is 10.8 Å². The Hall–Kier alpha value is -0.900. The molecule has 0 atom stereocenters. The van der Waals surface area contributed by atoms with Gasteiger partial charge in [0.15, 0.2) is 0 Å². The van der Waals surface area contributed by atoms with Crippen molar-refractivity contribution in [3.05, 3.63) is 35.2 Å². The lowest BCUT2D eigenvalue weighted by atomic mass is 9.69. The number of aliphatic hydroxyl groups excluding tert-OH is 1. The fourth-order valence-electron chi connectivity index (χ4n) is 3.13. The highest BCUT2D eigenvalue weighted by atomic mass is 32.1. The van der Waals surface area contributed by atoms with Crippen LogP contribution in [-0.4, -0.2) is 17.8 Å². The van der Waals surface area contributed by atoms with Crippen LogP contribution in [-0.2, 0) is 5.41 Å². The van der Waals surface area contributed by atoms with Crippen LogP contribution in [0, 0.1) is 0 Å². The summed E-state index contributed by atoms with van der Waals surface area (Å²) in [4.78, 5) is 0. The number of aliphatic hydroxyl groups is 1. The van der Waals surface area contributed by atoms with Crippen molar-refractivity contribution in [3.8, 4) is 0 Å². The van der Waals surface area contributed by atoms with Gasteiger partial charge in [0.2, 0.25) is 0 Å². The van der Waals surface area contributed by atoms with Gasteiger partial charge in [-0.05, 0) is 48.1 Å². The van der Waals surface area contributed by atoms with Gasteiger partial charge >= 0.3 is 0 Å². The third kappa shape index (κ3) is 1.87. The smallest absolute Gasteiger partial charge is 0.0541 e. The van der Waals surface area contributed by atoms with Crippen molar-refractivity contribution < 1.29 is 5.11 Å². The first-order valence-corrected chi connectivity index (χ1v) is 7.48. The minimum Gasteiger partial charge on any atom is -0.393 e. The van der Waals surface area contributed by atoms with Crippen molar-refractivity contribution in [2.45, 2.75) is 37.2 Å². The van der Waals surface area contributed by atoms with E-state index in [0.717, 1.165) is 25.7 Å². The maximum Gasteiger partial charge on any atom is 0.0541 e. The molecule has 3 heteroatoms. The topological polar surface area (TPSA) is 46.2 Å². The Morgan fingerprint density at radius 1 is 1.28 bits per heavy atom. The average Bonchev–Trinajstić information content (AvgIpc) is 2.85. The van der Waals surface area contributed by atoms with E-state index in [9.17, 15) is 5.11 Å². The Labute approximate surface area is 111 Å². The second-order valence-corrected chi connectivity index (χ2v) is 6.27. The van der Waals surface area contributed by atoms with Gasteiger partial charge in [0.25, 0.3) is 0 Å². The van der Waals surface area contributed by atoms with Crippen LogP contribution in [0.1, 0.15) is 31.2 Å². The zero-order valence-corrected chi connectivity index (χ0v) is 11.2. The molecule has 0 unspecified atom stereocenters. The van der Waals surface area contributed by atoms with Crippen LogP contribution >= 0.6 is 11.3 Å². The molecule has 2 nitrogen and oxygen atoms in total. The normalized spacial score (nSPS) is 28.7. The molecule has 1 aliphatic rings. The number of rotatable bonds is 2. The van der Waals surface area contributed by atoms with Gasteiger partial charge in [-0.3, -0.25) is 0 Å². The van der Waals surface area contributed by atoms with Crippen LogP contribution in [0.4, 0.5) is 0 Å². The summed E-state index contributed by atoms with van der Waals surface area (Å²) in [7, 11) is 0. The molecule has 1 aromatic heterocycles. The van der Waals surface area contributed by atoms with Gasteiger partial charge in [-0.1, -0.05) is 18.2 Å². The van der Waals surface area contributed by atoms with E-state index in [0.29, 0.717) is 6.54 Å². The lowest BCUT2D eigenvalue weighted by molar-refractivity contribution is 0.0980. The van der Waals surface area contributed by atoms with E-state index in [1.54, 1.807) is 11.3 Å². The summed E-state index contributed by atoms with van der Waals surface area (Å²) in [5.41, 5.74) is 7.57. The predicted molar refractivity (Wildman–Crippen MR) is 77.0 cm³/mol. The van der Waals surface area contributed by atoms with E-state index in [4.69, 9.17) is 5.73 Å². The highest BCUT2D eigenvalue weighted by Gasteiger charge is 2.36. The molecule has 2 aromatic rings. The standard InChI is InChI=1S/C15H19NOS/c16-10-15(7-5-11(17)6-8-15)13-9-18-14-4-2-1-3-12(13)14/h1-4,9,11,17H,5-8,10,16H2. The molecule has 1 saturated carbocycles. The predicted octanol–water partition coefficient (Wildman–Crippen LogP) is 3.03. The first-order chi connectivity index (χ1) is 8.75. The molecule has 1 fully saturated rings. The van der Waals surface area contributed by atoms with Crippen molar-refractivity contribution in [3.63, 3.8) is 0 Å². The van der Waals surface area contributed by atoms with Crippen molar-refractivity contribution in [1.29, 1.82) is 0 Å². The van der Waals surface area contributed by atoms with Gasteiger partial charge in [-0.25, -0.2) is 0 Å². The monoisotopic (exact) mass is 261 g/mol. The number of benzene rings is 1. The summed E-state index contributed by atoms with van der Waals surface area (Å²) in [6.45, 7) is 0.681. The summed E-state index contributed by atoms with van der Waals surface area (Å²) < 4.78 is 1.34. The first-order valence-electron chi connectivity index (χ1n) is 6.60. The van der Waals surface area contributed by atoms with Crippen LogP contribution in [0.5, 0.6) is 0 Å². The molecular weight excluding hydrogens is 242 g/mol. The summed E-state index contributed by atoms with van der Waals surface area (Å²) >= 11 is 1.80. The fourth-order valence-corrected chi connectivity index (χ4v) is 4.21. The van der Waals surface area contributed by atoms with Gasteiger partial charge in [0.05, 0.1) is 6.10 Å². The molecule has 0 bridgehead atoms. The average molecular weight is 261 g/mol. The molecule has 0 saturated heterocycles. The molecule has 96 valence electrons. The molecule has 18 heavy (non-hydrogen) atoms. The van der Waals surface area contributed by atoms with Gasteiger partial charge in [-0.15, -0.1) is 11.3 Å². The zero-order valence-electron chi connectivity index (χ0n) is 10.4. The number of fused-ring (bicyclic) bond motifs is 1. The Morgan fingerprint density at radius 3 is 2.72 bits per heavy atom. The molecular formula is C15H19NOS. The number of thiophene rings is 1. The van der Waals surface area contributed by atoms with E-state index in [1.165, 1.54) is 15.6 Å². The Balaban J connectivity index is 2.06. The number of hydrogen-bond donors (Lipinski definition) is 2. The molecule has 3 rings (SSSR count). The highest BCUT2D eigenvalue weighted by molar-refractivity contribution is 7.17. The van der Waals surface area contributed by atoms with Crippen LogP contribution in [0.3, 0.4) is 0 Å². The van der Waals surface area contributed by atoms with Crippen LogP contribution in [0.25, 0.3) is 10.1 Å². The van der Waals surface area contributed by atoms with Gasteiger partial charge in [0.1, 0.15) is 0 Å². The minimum atomic E-state index is -0.130.